The zero-order chi connectivity index (χ0) is 14.4. The van der Waals surface area contributed by atoms with Crippen molar-refractivity contribution in [3.63, 3.8) is 0 Å². The number of carbonyl (C=O) groups excluding carboxylic acids is 1. The smallest absolute Gasteiger partial charge is 0.388 e. The molecule has 1 atom stereocenters. The number of aliphatic hydroxyl groups is 1. The maximum Gasteiger partial charge on any atom is 0.430 e. The van der Waals surface area contributed by atoms with Crippen molar-refractivity contribution in [2.24, 2.45) is 0 Å². The van der Waals surface area contributed by atoms with Crippen LogP contribution in [0.5, 0.6) is 5.75 Å². The lowest BCUT2D eigenvalue weighted by molar-refractivity contribution is -0.166. The topological polar surface area (TPSA) is 94.8 Å². The van der Waals surface area contributed by atoms with Crippen molar-refractivity contribution in [3.05, 3.63) is 23.8 Å². The zero-order valence-corrected chi connectivity index (χ0v) is 10.9. The molecule has 1 amide bonds. The molecule has 102 valence electrons. The first-order chi connectivity index (χ1) is 8.93. The molecule has 0 heterocycles. The van der Waals surface area contributed by atoms with Gasteiger partial charge in [-0.15, -0.1) is 10.3 Å². The van der Waals surface area contributed by atoms with Crippen LogP contribution in [0.1, 0.15) is 12.5 Å². The van der Waals surface area contributed by atoms with Crippen LogP contribution in [0.2, 0.25) is 0 Å². The molecule has 0 aliphatic heterocycles. The lowest BCUT2D eigenvalue weighted by atomic mass is 10.2. The Bertz CT molecular complexity index is 496. The predicted octanol–water partition coefficient (Wildman–Crippen LogP) is 1.59. The fraction of sp³-hybridized carbons (Fsp3) is 0.333. The van der Waals surface area contributed by atoms with Gasteiger partial charge in [0.05, 0.1) is 0 Å². The third-order valence-corrected chi connectivity index (χ3v) is 2.34. The van der Waals surface area contributed by atoms with Crippen LogP contribution in [0.4, 0.5) is 10.5 Å². The van der Waals surface area contributed by atoms with Crippen LogP contribution in [0.15, 0.2) is 18.2 Å². The summed E-state index contributed by atoms with van der Waals surface area (Å²) in [6.45, 7) is 3.23. The van der Waals surface area contributed by atoms with Crippen LogP contribution in [0, 0.1) is 18.4 Å². The largest absolute Gasteiger partial charge is 0.430 e. The highest BCUT2D eigenvalue weighted by Gasteiger charge is 2.12. The summed E-state index contributed by atoms with van der Waals surface area (Å²) in [4.78, 5) is 16.3. The molecule has 2 N–H and O–H groups in total. The van der Waals surface area contributed by atoms with Crippen LogP contribution >= 0.6 is 0 Å². The Morgan fingerprint density at radius 1 is 1.58 bits per heavy atom. The van der Waals surface area contributed by atoms with E-state index >= 15 is 0 Å². The maximum absolute atomic E-state index is 11.5. The molecule has 0 aliphatic rings. The SMILES string of the molecule is Cc1ccc(NC(=O)ON(C)C(C)O)cc1OC#N. The number of anilines is 1. The van der Waals surface area contributed by atoms with Crippen LogP contribution in [0.3, 0.4) is 0 Å². The minimum atomic E-state index is -0.916. The first kappa shape index (κ1) is 14.8. The molecule has 1 aromatic carbocycles. The molecule has 0 saturated carbocycles. The van der Waals surface area contributed by atoms with Crippen molar-refractivity contribution in [1.29, 1.82) is 5.26 Å². The summed E-state index contributed by atoms with van der Waals surface area (Å²) < 4.78 is 4.74. The van der Waals surface area contributed by atoms with E-state index in [1.165, 1.54) is 20.0 Å². The number of carbonyl (C=O) groups is 1. The van der Waals surface area contributed by atoms with E-state index in [1.807, 2.05) is 0 Å². The second-order valence-electron chi connectivity index (χ2n) is 3.86. The predicted molar refractivity (Wildman–Crippen MR) is 67.0 cm³/mol. The average molecular weight is 265 g/mol. The summed E-state index contributed by atoms with van der Waals surface area (Å²) in [5.41, 5.74) is 1.18. The van der Waals surface area contributed by atoms with Gasteiger partial charge in [0.15, 0.2) is 0 Å². The molecule has 19 heavy (non-hydrogen) atoms. The van der Waals surface area contributed by atoms with Crippen molar-refractivity contribution in [2.75, 3.05) is 12.4 Å². The minimum absolute atomic E-state index is 0.351. The van der Waals surface area contributed by atoms with Gasteiger partial charge < -0.3 is 14.7 Å². The van der Waals surface area contributed by atoms with Gasteiger partial charge >= 0.3 is 6.09 Å². The molecular formula is C12H15N3O4. The van der Waals surface area contributed by atoms with Gasteiger partial charge in [0.2, 0.25) is 0 Å². The van der Waals surface area contributed by atoms with Gasteiger partial charge in [0, 0.05) is 18.8 Å². The third kappa shape index (κ3) is 4.46. The normalized spacial score (nSPS) is 11.6. The molecule has 7 nitrogen and oxygen atoms in total. The van der Waals surface area contributed by atoms with Crippen LogP contribution in [-0.4, -0.2) is 29.5 Å². The quantitative estimate of drug-likeness (QED) is 0.487. The van der Waals surface area contributed by atoms with Gasteiger partial charge in [-0.2, -0.15) is 0 Å². The zero-order valence-electron chi connectivity index (χ0n) is 10.9. The molecule has 0 aliphatic carbocycles. The van der Waals surface area contributed by atoms with Crippen LogP contribution in [0.25, 0.3) is 0 Å². The number of nitrogens with zero attached hydrogens (tertiary/aromatic N) is 2. The first-order valence-corrected chi connectivity index (χ1v) is 5.50. The fourth-order valence-corrected chi connectivity index (χ4v) is 1.18. The summed E-state index contributed by atoms with van der Waals surface area (Å²) in [6, 6.07) is 4.84. The molecule has 0 radical (unpaired) electrons. The van der Waals surface area contributed by atoms with E-state index in [2.05, 4.69) is 5.32 Å². The molecule has 7 heteroatoms. The number of hydroxylamine groups is 2. The standard InChI is InChI=1S/C12H15N3O4/c1-8-4-5-10(6-11(8)18-7-13)14-12(17)19-15(3)9(2)16/h4-6,9,16H,1-3H3,(H,14,17). The number of nitrogens with one attached hydrogen (secondary N) is 1. The van der Waals surface area contributed by atoms with Gasteiger partial charge in [0.1, 0.15) is 12.0 Å². The van der Waals surface area contributed by atoms with Gasteiger partial charge in [-0.25, -0.2) is 4.79 Å². The minimum Gasteiger partial charge on any atom is -0.388 e. The van der Waals surface area contributed by atoms with Crippen molar-refractivity contribution in [3.8, 4) is 12.0 Å². The Kier molecular flexibility index (Phi) is 5.11. The van der Waals surface area contributed by atoms with Crippen molar-refractivity contribution in [2.45, 2.75) is 20.1 Å². The molecule has 0 aromatic heterocycles. The molecular weight excluding hydrogens is 250 g/mol. The Balaban J connectivity index is 2.70. The summed E-state index contributed by atoms with van der Waals surface area (Å²) in [5.74, 6) is 0.351. The van der Waals surface area contributed by atoms with Crippen LogP contribution < -0.4 is 10.1 Å². The molecule has 1 unspecified atom stereocenters. The van der Waals surface area contributed by atoms with E-state index in [0.29, 0.717) is 11.4 Å². The number of aryl methyl sites for hydroxylation is 1. The number of hydrogen-bond acceptors (Lipinski definition) is 6. The summed E-state index contributed by atoms with van der Waals surface area (Å²) in [6.07, 6.45) is -0.103. The second-order valence-corrected chi connectivity index (χ2v) is 3.86. The highest BCUT2D eigenvalue weighted by atomic mass is 16.7. The number of nitriles is 1. The second kappa shape index (κ2) is 6.58. The summed E-state index contributed by atoms with van der Waals surface area (Å²) >= 11 is 0. The molecule has 0 spiro atoms. The Labute approximate surface area is 110 Å². The number of benzene rings is 1. The van der Waals surface area contributed by atoms with E-state index in [0.717, 1.165) is 10.6 Å². The van der Waals surface area contributed by atoms with E-state index in [1.54, 1.807) is 25.3 Å². The Morgan fingerprint density at radius 2 is 2.26 bits per heavy atom. The third-order valence-electron chi connectivity index (χ3n) is 2.34. The summed E-state index contributed by atoms with van der Waals surface area (Å²) in [7, 11) is 1.42. The van der Waals surface area contributed by atoms with Crippen molar-refractivity contribution < 1.29 is 19.5 Å². The molecule has 0 fully saturated rings. The molecule has 0 saturated heterocycles. The number of ether oxygens (including phenoxy) is 1. The molecule has 1 rings (SSSR count). The fourth-order valence-electron chi connectivity index (χ4n) is 1.18. The summed E-state index contributed by atoms with van der Waals surface area (Å²) in [5, 5.41) is 21.1. The molecule has 1 aromatic rings. The van der Waals surface area contributed by atoms with Gasteiger partial charge in [-0.3, -0.25) is 5.32 Å². The van der Waals surface area contributed by atoms with Crippen molar-refractivity contribution >= 4 is 11.8 Å². The van der Waals surface area contributed by atoms with E-state index < -0.39 is 12.3 Å². The number of hydrogen-bond donors (Lipinski definition) is 2. The first-order valence-electron chi connectivity index (χ1n) is 5.50. The lowest BCUT2D eigenvalue weighted by Gasteiger charge is -2.18. The van der Waals surface area contributed by atoms with E-state index in [9.17, 15) is 4.79 Å². The van der Waals surface area contributed by atoms with Gasteiger partial charge in [0.25, 0.3) is 6.26 Å². The highest BCUT2D eigenvalue weighted by Crippen LogP contribution is 2.22. The highest BCUT2D eigenvalue weighted by molar-refractivity contribution is 5.84. The Morgan fingerprint density at radius 3 is 2.84 bits per heavy atom. The van der Waals surface area contributed by atoms with Crippen LogP contribution in [-0.2, 0) is 4.84 Å². The lowest BCUT2D eigenvalue weighted by Crippen LogP contribution is -2.33. The molecule has 0 bridgehead atoms. The monoisotopic (exact) mass is 265 g/mol. The Hall–Kier alpha value is -2.30. The average Bonchev–Trinajstić information content (AvgIpc) is 2.33. The maximum atomic E-state index is 11.5. The number of amides is 1. The van der Waals surface area contributed by atoms with Crippen molar-refractivity contribution in [1.82, 2.24) is 5.06 Å². The van der Waals surface area contributed by atoms with E-state index in [4.69, 9.17) is 19.9 Å². The number of aliphatic hydroxyl groups excluding tert-OH is 1. The van der Waals surface area contributed by atoms with E-state index in [-0.39, 0.29) is 0 Å². The van der Waals surface area contributed by atoms with Gasteiger partial charge in [-0.1, -0.05) is 6.07 Å². The number of rotatable bonds is 4. The van der Waals surface area contributed by atoms with Gasteiger partial charge in [-0.05, 0) is 25.5 Å².